The fraction of sp³-hybridized carbons (Fsp3) is 0.471. The van der Waals surface area contributed by atoms with Crippen LogP contribution in [0.4, 0.5) is 0 Å². The molecule has 5 nitrogen and oxygen atoms in total. The summed E-state index contributed by atoms with van der Waals surface area (Å²) >= 11 is 8.28. The minimum absolute atomic E-state index is 0.0425. The molecule has 0 atom stereocenters. The molecule has 2 fully saturated rings. The van der Waals surface area contributed by atoms with Crippen LogP contribution in [-0.2, 0) is 9.59 Å². The maximum atomic E-state index is 12.5. The molecule has 0 saturated carbocycles. The van der Waals surface area contributed by atoms with Crippen LogP contribution in [0.5, 0.6) is 0 Å². The Bertz CT molecular complexity index is 679. The van der Waals surface area contributed by atoms with E-state index in [0.717, 1.165) is 31.1 Å². The van der Waals surface area contributed by atoms with Gasteiger partial charge in [0.2, 0.25) is 5.91 Å². The van der Waals surface area contributed by atoms with Gasteiger partial charge in [0.05, 0.1) is 38.1 Å². The minimum Gasteiger partial charge on any atom is -0.334 e. The average Bonchev–Trinajstić information content (AvgIpc) is 3.19. The second kappa shape index (κ2) is 8.44. The van der Waals surface area contributed by atoms with Crippen molar-refractivity contribution in [2.24, 2.45) is 0 Å². The number of nitrogens with zero attached hydrogens (tertiary/aromatic N) is 2. The van der Waals surface area contributed by atoms with E-state index in [0.29, 0.717) is 28.6 Å². The summed E-state index contributed by atoms with van der Waals surface area (Å²) in [7, 11) is 2.15. The molecule has 1 aromatic heterocycles. The summed E-state index contributed by atoms with van der Waals surface area (Å²) < 4.78 is 0.587. The molecule has 2 aliphatic heterocycles. The van der Waals surface area contributed by atoms with Crippen molar-refractivity contribution in [3.05, 3.63) is 27.3 Å². The number of piperazine rings is 1. The van der Waals surface area contributed by atoms with Gasteiger partial charge in [-0.25, -0.2) is 0 Å². The van der Waals surface area contributed by atoms with Crippen molar-refractivity contribution in [2.45, 2.75) is 12.8 Å². The molecule has 0 bridgehead atoms. The second-order valence-corrected chi connectivity index (χ2v) is 8.95. The van der Waals surface area contributed by atoms with Crippen LogP contribution in [-0.4, -0.2) is 65.7 Å². The van der Waals surface area contributed by atoms with E-state index in [2.05, 4.69) is 7.05 Å². The molecule has 0 radical (unpaired) electrons. The number of rotatable bonds is 5. The van der Waals surface area contributed by atoms with Crippen LogP contribution in [0.15, 0.2) is 22.4 Å². The van der Waals surface area contributed by atoms with Crippen LogP contribution < -0.4 is 4.90 Å². The van der Waals surface area contributed by atoms with Crippen LogP contribution in [0.25, 0.3) is 6.08 Å². The van der Waals surface area contributed by atoms with Crippen molar-refractivity contribution < 1.29 is 14.5 Å². The Kier molecular flexibility index (Phi) is 6.27. The zero-order chi connectivity index (χ0) is 17.8. The van der Waals surface area contributed by atoms with Crippen LogP contribution in [0.1, 0.15) is 17.7 Å². The van der Waals surface area contributed by atoms with E-state index in [1.807, 2.05) is 28.5 Å². The highest BCUT2D eigenvalue weighted by Crippen LogP contribution is 2.33. The Balaban J connectivity index is 1.49. The number of amides is 2. The highest BCUT2D eigenvalue weighted by molar-refractivity contribution is 8.26. The van der Waals surface area contributed by atoms with Crippen molar-refractivity contribution in [3.8, 4) is 0 Å². The van der Waals surface area contributed by atoms with Gasteiger partial charge in [0.25, 0.3) is 5.91 Å². The molecule has 8 heteroatoms. The molecular formula is C17H22N3O2S3+. The predicted molar refractivity (Wildman–Crippen MR) is 107 cm³/mol. The van der Waals surface area contributed by atoms with E-state index in [-0.39, 0.29) is 11.8 Å². The molecule has 2 saturated heterocycles. The molecule has 1 aromatic rings. The zero-order valence-electron chi connectivity index (χ0n) is 14.2. The third-order valence-corrected chi connectivity index (χ3v) is 6.63. The first-order valence-corrected chi connectivity index (χ1v) is 10.5. The molecule has 2 amide bonds. The lowest BCUT2D eigenvalue weighted by Crippen LogP contribution is -3.12. The summed E-state index contributed by atoms with van der Waals surface area (Å²) in [5, 5.41) is 1.98. The number of thiocarbonyl (C=S) groups is 1. The first-order valence-electron chi connectivity index (χ1n) is 8.42. The van der Waals surface area contributed by atoms with E-state index in [1.165, 1.54) is 16.7 Å². The van der Waals surface area contributed by atoms with E-state index in [1.54, 1.807) is 16.2 Å². The number of hydrogen-bond acceptors (Lipinski definition) is 5. The Morgan fingerprint density at radius 3 is 2.84 bits per heavy atom. The largest absolute Gasteiger partial charge is 0.334 e. The lowest BCUT2D eigenvalue weighted by molar-refractivity contribution is -0.883. The van der Waals surface area contributed by atoms with Gasteiger partial charge in [0, 0.05) is 17.8 Å². The number of thiophene rings is 1. The Morgan fingerprint density at radius 1 is 1.40 bits per heavy atom. The number of nitrogens with one attached hydrogen (secondary N) is 1. The van der Waals surface area contributed by atoms with Gasteiger partial charge in [0.1, 0.15) is 4.32 Å². The van der Waals surface area contributed by atoms with Crippen molar-refractivity contribution in [3.63, 3.8) is 0 Å². The zero-order valence-corrected chi connectivity index (χ0v) is 16.6. The van der Waals surface area contributed by atoms with Gasteiger partial charge in [-0.15, -0.1) is 11.3 Å². The van der Waals surface area contributed by atoms with E-state index < -0.39 is 0 Å². The topological polar surface area (TPSA) is 45.1 Å². The molecule has 2 aliphatic rings. The third-order valence-electron chi connectivity index (χ3n) is 4.43. The SMILES string of the molecule is C[NH+]1CCN(C(=O)CCCN2C(=O)C(=Cc3cccs3)SC2=S)CC1. The van der Waals surface area contributed by atoms with Crippen molar-refractivity contribution >= 4 is 57.5 Å². The summed E-state index contributed by atoms with van der Waals surface area (Å²) in [5.74, 6) is 0.145. The van der Waals surface area contributed by atoms with Crippen LogP contribution >= 0.6 is 35.3 Å². The van der Waals surface area contributed by atoms with E-state index >= 15 is 0 Å². The Hall–Kier alpha value is -1.22. The summed E-state index contributed by atoms with van der Waals surface area (Å²) in [6.45, 7) is 4.18. The molecule has 25 heavy (non-hydrogen) atoms. The van der Waals surface area contributed by atoms with E-state index in [4.69, 9.17) is 12.2 Å². The minimum atomic E-state index is -0.0425. The number of carbonyl (C=O) groups excluding carboxylic acids is 2. The first-order chi connectivity index (χ1) is 12.0. The Morgan fingerprint density at radius 2 is 2.16 bits per heavy atom. The van der Waals surface area contributed by atoms with E-state index in [9.17, 15) is 9.59 Å². The molecular weight excluding hydrogens is 374 g/mol. The van der Waals surface area contributed by atoms with Crippen LogP contribution in [0.3, 0.4) is 0 Å². The fourth-order valence-electron chi connectivity index (χ4n) is 2.88. The normalized spacial score (nSPS) is 20.8. The molecule has 0 aromatic carbocycles. The van der Waals surface area contributed by atoms with Gasteiger partial charge in [-0.2, -0.15) is 0 Å². The lowest BCUT2D eigenvalue weighted by Gasteiger charge is -2.30. The quantitative estimate of drug-likeness (QED) is 0.598. The lowest BCUT2D eigenvalue weighted by atomic mass is 10.2. The van der Waals surface area contributed by atoms with Gasteiger partial charge >= 0.3 is 0 Å². The molecule has 3 heterocycles. The molecule has 134 valence electrons. The molecule has 0 unspecified atom stereocenters. The number of hydrogen-bond donors (Lipinski definition) is 1. The third kappa shape index (κ3) is 4.69. The smallest absolute Gasteiger partial charge is 0.266 e. The molecule has 1 N–H and O–H groups in total. The van der Waals surface area contributed by atoms with Gasteiger partial charge in [-0.1, -0.05) is 30.0 Å². The van der Waals surface area contributed by atoms with Crippen molar-refractivity contribution in [1.29, 1.82) is 0 Å². The fourth-order valence-corrected chi connectivity index (χ4v) is 4.91. The maximum Gasteiger partial charge on any atom is 0.266 e. The van der Waals surface area contributed by atoms with Gasteiger partial charge in [-0.05, 0) is 23.9 Å². The number of likely N-dealkylation sites (N-methyl/N-ethyl adjacent to an activating group) is 1. The highest BCUT2D eigenvalue weighted by atomic mass is 32.2. The van der Waals surface area contributed by atoms with Crippen molar-refractivity contribution in [2.75, 3.05) is 39.8 Å². The van der Waals surface area contributed by atoms with Crippen LogP contribution in [0.2, 0.25) is 0 Å². The first kappa shape index (κ1) is 18.6. The standard InChI is InChI=1S/C17H21N3O2S3/c1-18-7-9-19(10-8-18)15(21)5-2-6-20-16(22)14(25-17(20)23)12-13-4-3-11-24-13/h3-4,11-12H,2,5-10H2,1H3/p+1. The second-order valence-electron chi connectivity index (χ2n) is 6.29. The summed E-state index contributed by atoms with van der Waals surface area (Å²) in [4.78, 5) is 31.5. The predicted octanol–water partition coefficient (Wildman–Crippen LogP) is 1.09. The van der Waals surface area contributed by atoms with Crippen LogP contribution in [0, 0.1) is 0 Å². The highest BCUT2D eigenvalue weighted by Gasteiger charge is 2.32. The summed E-state index contributed by atoms with van der Waals surface area (Å²) in [5.41, 5.74) is 0. The average molecular weight is 397 g/mol. The molecule has 3 rings (SSSR count). The van der Waals surface area contributed by atoms with Gasteiger partial charge in [-0.3, -0.25) is 14.5 Å². The number of thioether (sulfide) groups is 1. The number of quaternary nitrogens is 1. The molecule has 0 spiro atoms. The molecule has 0 aliphatic carbocycles. The summed E-state index contributed by atoms with van der Waals surface area (Å²) in [6, 6.07) is 3.94. The van der Waals surface area contributed by atoms with Crippen molar-refractivity contribution in [1.82, 2.24) is 9.80 Å². The summed E-state index contributed by atoms with van der Waals surface area (Å²) in [6.07, 6.45) is 3.01. The number of carbonyl (C=O) groups is 2. The van der Waals surface area contributed by atoms with Gasteiger partial charge < -0.3 is 9.80 Å². The Labute approximate surface area is 161 Å². The monoisotopic (exact) mass is 396 g/mol. The maximum absolute atomic E-state index is 12.5. The van der Waals surface area contributed by atoms with Gasteiger partial charge in [0.15, 0.2) is 0 Å².